The number of halogens is 1. The Bertz CT molecular complexity index is 483. The summed E-state index contributed by atoms with van der Waals surface area (Å²) in [5, 5.41) is 3.44. The van der Waals surface area contributed by atoms with Gasteiger partial charge in [0.25, 0.3) is 0 Å². The molecular weight excluding hydrogens is 276 g/mol. The van der Waals surface area contributed by atoms with Gasteiger partial charge in [0.1, 0.15) is 0 Å². The van der Waals surface area contributed by atoms with Crippen LogP contribution in [0.5, 0.6) is 0 Å². The summed E-state index contributed by atoms with van der Waals surface area (Å²) in [6.07, 6.45) is 4.70. The molecule has 0 atom stereocenters. The molecule has 88 valence electrons. The molecule has 0 spiro atoms. The minimum Gasteiger partial charge on any atom is -0.384 e. The molecule has 0 saturated heterocycles. The summed E-state index contributed by atoms with van der Waals surface area (Å²) in [6, 6.07) is 10.3. The summed E-state index contributed by atoms with van der Waals surface area (Å²) in [4.78, 5) is 4.11. The number of nitrogens with one attached hydrogen (secondary N) is 1. The largest absolute Gasteiger partial charge is 0.384 e. The Kier molecular flexibility index (Phi) is 4.15. The van der Waals surface area contributed by atoms with E-state index in [1.807, 2.05) is 18.3 Å². The fourth-order valence-electron chi connectivity index (χ4n) is 1.69. The minimum absolute atomic E-state index is 0.920. The van der Waals surface area contributed by atoms with E-state index in [4.69, 9.17) is 0 Å². The van der Waals surface area contributed by atoms with Crippen LogP contribution in [0, 0.1) is 6.92 Å². The zero-order chi connectivity index (χ0) is 12.1. The molecule has 0 amide bonds. The van der Waals surface area contributed by atoms with Crippen LogP contribution in [0.2, 0.25) is 0 Å². The second-order valence-electron chi connectivity index (χ2n) is 3.95. The van der Waals surface area contributed by atoms with Gasteiger partial charge < -0.3 is 5.32 Å². The fourth-order valence-corrected chi connectivity index (χ4v) is 2.05. The molecule has 2 aromatic rings. The van der Waals surface area contributed by atoms with Gasteiger partial charge in [-0.25, -0.2) is 0 Å². The van der Waals surface area contributed by atoms with Crippen LogP contribution in [-0.2, 0) is 6.42 Å². The van der Waals surface area contributed by atoms with Crippen LogP contribution >= 0.6 is 15.9 Å². The third-order valence-electron chi connectivity index (χ3n) is 2.72. The molecule has 2 nitrogen and oxygen atoms in total. The Morgan fingerprint density at radius 1 is 1.24 bits per heavy atom. The van der Waals surface area contributed by atoms with E-state index in [9.17, 15) is 0 Å². The molecule has 0 radical (unpaired) electrons. The second-order valence-corrected chi connectivity index (χ2v) is 4.80. The molecule has 3 heteroatoms. The number of hydrogen-bond acceptors (Lipinski definition) is 2. The highest BCUT2D eigenvalue weighted by molar-refractivity contribution is 9.10. The van der Waals surface area contributed by atoms with E-state index in [-0.39, 0.29) is 0 Å². The molecular formula is C14H15BrN2. The van der Waals surface area contributed by atoms with Crippen molar-refractivity contribution in [2.24, 2.45) is 0 Å². The van der Waals surface area contributed by atoms with Gasteiger partial charge in [0.15, 0.2) is 0 Å². The Morgan fingerprint density at radius 3 is 2.88 bits per heavy atom. The first-order valence-electron chi connectivity index (χ1n) is 5.65. The number of benzene rings is 1. The van der Waals surface area contributed by atoms with E-state index >= 15 is 0 Å². The lowest BCUT2D eigenvalue weighted by Crippen LogP contribution is -2.06. The van der Waals surface area contributed by atoms with E-state index < -0.39 is 0 Å². The van der Waals surface area contributed by atoms with E-state index in [1.54, 1.807) is 6.20 Å². The molecule has 1 aromatic heterocycles. The van der Waals surface area contributed by atoms with Gasteiger partial charge in [-0.05, 0) is 42.7 Å². The molecule has 0 fully saturated rings. The molecule has 2 rings (SSSR count). The van der Waals surface area contributed by atoms with E-state index in [1.165, 1.54) is 16.8 Å². The molecule has 0 aliphatic carbocycles. The molecule has 1 heterocycles. The van der Waals surface area contributed by atoms with Crippen LogP contribution in [0.1, 0.15) is 11.1 Å². The van der Waals surface area contributed by atoms with Crippen molar-refractivity contribution in [1.29, 1.82) is 0 Å². The number of rotatable bonds is 4. The zero-order valence-corrected chi connectivity index (χ0v) is 11.4. The highest BCUT2D eigenvalue weighted by Gasteiger charge is 2.00. The topological polar surface area (TPSA) is 24.9 Å². The SMILES string of the molecule is Cc1c(Br)cccc1NCCc1cccnc1. The van der Waals surface area contributed by atoms with Crippen LogP contribution in [0.15, 0.2) is 47.2 Å². The van der Waals surface area contributed by atoms with Crippen LogP contribution in [0.3, 0.4) is 0 Å². The van der Waals surface area contributed by atoms with Gasteiger partial charge in [-0.1, -0.05) is 28.1 Å². The van der Waals surface area contributed by atoms with Gasteiger partial charge in [-0.15, -0.1) is 0 Å². The van der Waals surface area contributed by atoms with E-state index in [0.717, 1.165) is 17.4 Å². The van der Waals surface area contributed by atoms with Crippen molar-refractivity contribution in [3.05, 3.63) is 58.3 Å². The Balaban J connectivity index is 1.93. The van der Waals surface area contributed by atoms with Crippen molar-refractivity contribution < 1.29 is 0 Å². The van der Waals surface area contributed by atoms with Crippen molar-refractivity contribution in [3.63, 3.8) is 0 Å². The van der Waals surface area contributed by atoms with Gasteiger partial charge in [-0.2, -0.15) is 0 Å². The van der Waals surface area contributed by atoms with Crippen molar-refractivity contribution >= 4 is 21.6 Å². The Labute approximate surface area is 110 Å². The molecule has 0 aliphatic rings. The summed E-state index contributed by atoms with van der Waals surface area (Å²) in [5.74, 6) is 0. The van der Waals surface area contributed by atoms with Crippen molar-refractivity contribution in [2.45, 2.75) is 13.3 Å². The van der Waals surface area contributed by atoms with Crippen molar-refractivity contribution in [2.75, 3.05) is 11.9 Å². The standard InChI is InChI=1S/C14H15BrN2/c1-11-13(15)5-2-6-14(11)17-9-7-12-4-3-8-16-10-12/h2-6,8,10,17H,7,9H2,1H3. The highest BCUT2D eigenvalue weighted by atomic mass is 79.9. The monoisotopic (exact) mass is 290 g/mol. The summed E-state index contributed by atoms with van der Waals surface area (Å²) in [7, 11) is 0. The quantitative estimate of drug-likeness (QED) is 0.926. The van der Waals surface area contributed by atoms with E-state index in [2.05, 4.69) is 51.4 Å². The fraction of sp³-hybridized carbons (Fsp3) is 0.214. The van der Waals surface area contributed by atoms with Gasteiger partial charge in [0.05, 0.1) is 0 Å². The molecule has 1 N–H and O–H groups in total. The van der Waals surface area contributed by atoms with E-state index in [0.29, 0.717) is 0 Å². The third-order valence-corrected chi connectivity index (χ3v) is 3.58. The summed E-state index contributed by atoms with van der Waals surface area (Å²) >= 11 is 3.53. The average molecular weight is 291 g/mol. The minimum atomic E-state index is 0.920. The molecule has 1 aromatic carbocycles. The Hall–Kier alpha value is -1.35. The van der Waals surface area contributed by atoms with Crippen LogP contribution in [-0.4, -0.2) is 11.5 Å². The number of aromatic nitrogens is 1. The molecule has 0 aliphatic heterocycles. The molecule has 0 saturated carbocycles. The third kappa shape index (κ3) is 3.30. The first kappa shape index (κ1) is 12.1. The summed E-state index contributed by atoms with van der Waals surface area (Å²) in [5.41, 5.74) is 3.69. The van der Waals surface area contributed by atoms with Gasteiger partial charge in [0.2, 0.25) is 0 Å². The Morgan fingerprint density at radius 2 is 2.12 bits per heavy atom. The van der Waals surface area contributed by atoms with Crippen LogP contribution in [0.4, 0.5) is 5.69 Å². The summed E-state index contributed by atoms with van der Waals surface area (Å²) < 4.78 is 1.14. The number of hydrogen-bond donors (Lipinski definition) is 1. The predicted octanol–water partition coefficient (Wildman–Crippen LogP) is 3.81. The van der Waals surface area contributed by atoms with Crippen molar-refractivity contribution in [1.82, 2.24) is 4.98 Å². The molecule has 17 heavy (non-hydrogen) atoms. The zero-order valence-electron chi connectivity index (χ0n) is 9.78. The van der Waals surface area contributed by atoms with Gasteiger partial charge in [-0.3, -0.25) is 4.98 Å². The maximum Gasteiger partial charge on any atom is 0.0381 e. The maximum absolute atomic E-state index is 4.11. The second kappa shape index (κ2) is 5.82. The van der Waals surface area contributed by atoms with Gasteiger partial charge in [0, 0.05) is 29.1 Å². The number of nitrogens with zero attached hydrogens (tertiary/aromatic N) is 1. The smallest absolute Gasteiger partial charge is 0.0381 e. The first-order chi connectivity index (χ1) is 8.27. The lowest BCUT2D eigenvalue weighted by Gasteiger charge is -2.10. The predicted molar refractivity (Wildman–Crippen MR) is 75.3 cm³/mol. The summed E-state index contributed by atoms with van der Waals surface area (Å²) in [6.45, 7) is 3.03. The lowest BCUT2D eigenvalue weighted by atomic mass is 10.2. The number of pyridine rings is 1. The maximum atomic E-state index is 4.11. The van der Waals surface area contributed by atoms with Gasteiger partial charge >= 0.3 is 0 Å². The lowest BCUT2D eigenvalue weighted by molar-refractivity contribution is 1.00. The molecule has 0 bridgehead atoms. The normalized spacial score (nSPS) is 10.2. The average Bonchev–Trinajstić information content (AvgIpc) is 2.36. The first-order valence-corrected chi connectivity index (χ1v) is 6.44. The van der Waals surface area contributed by atoms with Crippen molar-refractivity contribution in [3.8, 4) is 0 Å². The van der Waals surface area contributed by atoms with Crippen LogP contribution in [0.25, 0.3) is 0 Å². The number of anilines is 1. The highest BCUT2D eigenvalue weighted by Crippen LogP contribution is 2.23. The van der Waals surface area contributed by atoms with Crippen LogP contribution < -0.4 is 5.32 Å². The molecule has 0 unspecified atom stereocenters.